The van der Waals surface area contributed by atoms with Gasteiger partial charge in [-0.25, -0.2) is 4.79 Å². The van der Waals surface area contributed by atoms with Crippen molar-refractivity contribution >= 4 is 16.9 Å². The Labute approximate surface area is 145 Å². The lowest BCUT2D eigenvalue weighted by Gasteiger charge is -2.14. The van der Waals surface area contributed by atoms with Crippen molar-refractivity contribution in [2.24, 2.45) is 5.92 Å². The molecule has 0 radical (unpaired) electrons. The molecular formula is C20H19NO4. The fourth-order valence-electron chi connectivity index (χ4n) is 3.29. The molecule has 1 aromatic heterocycles. The van der Waals surface area contributed by atoms with E-state index in [-0.39, 0.29) is 5.56 Å². The van der Waals surface area contributed by atoms with Gasteiger partial charge >= 0.3 is 5.97 Å². The van der Waals surface area contributed by atoms with Crippen LogP contribution in [0.25, 0.3) is 22.0 Å². The summed E-state index contributed by atoms with van der Waals surface area (Å²) >= 11 is 0. The highest BCUT2D eigenvalue weighted by Crippen LogP contribution is 2.35. The van der Waals surface area contributed by atoms with Crippen LogP contribution in [0.1, 0.15) is 16.8 Å². The SMILES string of the molecule is O=C(O)c1c[nH]c2c(-c3ccccc3OCC3CCOC3)cccc12. The van der Waals surface area contributed by atoms with E-state index >= 15 is 0 Å². The van der Waals surface area contributed by atoms with Crippen LogP contribution in [-0.4, -0.2) is 35.9 Å². The number of para-hydroxylation sites is 2. The van der Waals surface area contributed by atoms with Crippen molar-refractivity contribution in [3.05, 3.63) is 54.2 Å². The molecule has 0 spiro atoms. The van der Waals surface area contributed by atoms with Gasteiger partial charge in [0.25, 0.3) is 0 Å². The Bertz CT molecular complexity index is 909. The topological polar surface area (TPSA) is 71.5 Å². The number of carbonyl (C=O) groups is 1. The second-order valence-corrected chi connectivity index (χ2v) is 6.27. The van der Waals surface area contributed by atoms with Gasteiger partial charge in [0.2, 0.25) is 0 Å². The smallest absolute Gasteiger partial charge is 0.337 e. The van der Waals surface area contributed by atoms with Gasteiger partial charge in [0, 0.05) is 35.2 Å². The number of aromatic amines is 1. The number of aromatic carboxylic acids is 1. The molecule has 0 saturated carbocycles. The van der Waals surface area contributed by atoms with E-state index in [2.05, 4.69) is 4.98 Å². The number of aromatic nitrogens is 1. The van der Waals surface area contributed by atoms with E-state index in [1.807, 2.05) is 42.5 Å². The molecule has 0 aliphatic carbocycles. The number of hydrogen-bond donors (Lipinski definition) is 2. The van der Waals surface area contributed by atoms with Gasteiger partial charge in [0.15, 0.2) is 0 Å². The average Bonchev–Trinajstić information content (AvgIpc) is 3.29. The summed E-state index contributed by atoms with van der Waals surface area (Å²) in [5.74, 6) is 0.287. The zero-order valence-electron chi connectivity index (χ0n) is 13.7. The summed E-state index contributed by atoms with van der Waals surface area (Å²) in [4.78, 5) is 14.5. The molecule has 1 atom stereocenters. The molecule has 4 rings (SSSR count). The Balaban J connectivity index is 1.72. The third-order valence-corrected chi connectivity index (χ3v) is 4.62. The lowest BCUT2D eigenvalue weighted by Crippen LogP contribution is -2.12. The van der Waals surface area contributed by atoms with E-state index in [1.54, 1.807) is 0 Å². The maximum atomic E-state index is 11.4. The first kappa shape index (κ1) is 15.7. The van der Waals surface area contributed by atoms with Gasteiger partial charge in [-0.1, -0.05) is 36.4 Å². The predicted octanol–water partition coefficient (Wildman–Crippen LogP) is 3.95. The highest BCUT2D eigenvalue weighted by atomic mass is 16.5. The van der Waals surface area contributed by atoms with Crippen LogP contribution in [0.2, 0.25) is 0 Å². The minimum absolute atomic E-state index is 0.276. The van der Waals surface area contributed by atoms with Crippen LogP contribution in [0.4, 0.5) is 0 Å². The molecule has 128 valence electrons. The first-order valence-corrected chi connectivity index (χ1v) is 8.37. The molecule has 3 aromatic rings. The van der Waals surface area contributed by atoms with Crippen molar-refractivity contribution in [1.82, 2.24) is 4.98 Å². The summed E-state index contributed by atoms with van der Waals surface area (Å²) < 4.78 is 11.5. The fraction of sp³-hybridized carbons (Fsp3) is 0.250. The summed E-state index contributed by atoms with van der Waals surface area (Å²) in [5, 5.41) is 10.0. The maximum Gasteiger partial charge on any atom is 0.337 e. The molecule has 1 aliphatic rings. The first-order chi connectivity index (χ1) is 12.2. The Morgan fingerprint density at radius 1 is 1.20 bits per heavy atom. The molecule has 0 amide bonds. The van der Waals surface area contributed by atoms with E-state index < -0.39 is 5.97 Å². The monoisotopic (exact) mass is 337 g/mol. The highest BCUT2D eigenvalue weighted by Gasteiger charge is 2.18. The van der Waals surface area contributed by atoms with Crippen LogP contribution in [-0.2, 0) is 4.74 Å². The lowest BCUT2D eigenvalue weighted by molar-refractivity contribution is 0.0699. The average molecular weight is 337 g/mol. The number of hydrogen-bond acceptors (Lipinski definition) is 3. The van der Waals surface area contributed by atoms with E-state index in [0.717, 1.165) is 42.0 Å². The zero-order valence-corrected chi connectivity index (χ0v) is 13.7. The van der Waals surface area contributed by atoms with Crippen molar-refractivity contribution in [3.63, 3.8) is 0 Å². The Kier molecular flexibility index (Phi) is 4.15. The summed E-state index contributed by atoms with van der Waals surface area (Å²) in [6.45, 7) is 2.17. The van der Waals surface area contributed by atoms with Gasteiger partial charge in [-0.3, -0.25) is 0 Å². The molecule has 25 heavy (non-hydrogen) atoms. The van der Waals surface area contributed by atoms with Crippen LogP contribution in [0, 0.1) is 5.92 Å². The van der Waals surface area contributed by atoms with Crippen LogP contribution in [0.3, 0.4) is 0 Å². The predicted molar refractivity (Wildman–Crippen MR) is 95.1 cm³/mol. The molecule has 0 bridgehead atoms. The van der Waals surface area contributed by atoms with E-state index in [1.165, 1.54) is 6.20 Å². The van der Waals surface area contributed by atoms with Gasteiger partial charge in [-0.15, -0.1) is 0 Å². The third-order valence-electron chi connectivity index (χ3n) is 4.62. The van der Waals surface area contributed by atoms with E-state index in [9.17, 15) is 9.90 Å². The largest absolute Gasteiger partial charge is 0.493 e. The van der Waals surface area contributed by atoms with E-state index in [0.29, 0.717) is 17.9 Å². The number of benzene rings is 2. The Morgan fingerprint density at radius 2 is 2.04 bits per heavy atom. The van der Waals surface area contributed by atoms with E-state index in [4.69, 9.17) is 9.47 Å². The number of ether oxygens (including phenoxy) is 2. The minimum Gasteiger partial charge on any atom is -0.493 e. The molecule has 5 heteroatoms. The molecule has 1 saturated heterocycles. The first-order valence-electron chi connectivity index (χ1n) is 8.37. The van der Waals surface area contributed by atoms with Crippen molar-refractivity contribution < 1.29 is 19.4 Å². The summed E-state index contributed by atoms with van der Waals surface area (Å²) in [6, 6.07) is 13.5. The summed E-state index contributed by atoms with van der Waals surface area (Å²) in [5.41, 5.74) is 2.97. The number of rotatable bonds is 5. The normalized spacial score (nSPS) is 17.0. The fourth-order valence-corrected chi connectivity index (χ4v) is 3.29. The van der Waals surface area contributed by atoms with Crippen LogP contribution in [0.5, 0.6) is 5.75 Å². The van der Waals surface area contributed by atoms with Gasteiger partial charge < -0.3 is 19.6 Å². The van der Waals surface area contributed by atoms with Gasteiger partial charge in [-0.2, -0.15) is 0 Å². The number of carboxylic acid groups (broad SMARTS) is 1. The molecular weight excluding hydrogens is 318 g/mol. The Morgan fingerprint density at radius 3 is 2.84 bits per heavy atom. The molecule has 2 aromatic carbocycles. The zero-order chi connectivity index (χ0) is 17.2. The van der Waals surface area contributed by atoms with Gasteiger partial charge in [-0.05, 0) is 12.5 Å². The third kappa shape index (κ3) is 2.98. The second kappa shape index (κ2) is 6.61. The number of nitrogens with one attached hydrogen (secondary N) is 1. The minimum atomic E-state index is -0.936. The quantitative estimate of drug-likeness (QED) is 0.739. The maximum absolute atomic E-state index is 11.4. The number of fused-ring (bicyclic) bond motifs is 1. The molecule has 1 aliphatic heterocycles. The van der Waals surface area contributed by atoms with Crippen LogP contribution in [0.15, 0.2) is 48.7 Å². The summed E-state index contributed by atoms with van der Waals surface area (Å²) in [7, 11) is 0. The molecule has 2 heterocycles. The molecule has 1 unspecified atom stereocenters. The van der Waals surface area contributed by atoms with Crippen molar-refractivity contribution in [2.45, 2.75) is 6.42 Å². The van der Waals surface area contributed by atoms with Crippen molar-refractivity contribution in [2.75, 3.05) is 19.8 Å². The second-order valence-electron chi connectivity index (χ2n) is 6.27. The highest BCUT2D eigenvalue weighted by molar-refractivity contribution is 6.07. The van der Waals surface area contributed by atoms with Gasteiger partial charge in [0.05, 0.1) is 24.3 Å². The van der Waals surface area contributed by atoms with Crippen LogP contribution < -0.4 is 4.74 Å². The molecule has 1 fully saturated rings. The summed E-state index contributed by atoms with van der Waals surface area (Å²) in [6.07, 6.45) is 2.56. The molecule has 2 N–H and O–H groups in total. The number of H-pyrrole nitrogens is 1. The molecule has 5 nitrogen and oxygen atoms in total. The van der Waals surface area contributed by atoms with Gasteiger partial charge in [0.1, 0.15) is 5.75 Å². The van der Waals surface area contributed by atoms with Crippen LogP contribution >= 0.6 is 0 Å². The Hall–Kier alpha value is -2.79. The lowest BCUT2D eigenvalue weighted by atomic mass is 10.0. The van der Waals surface area contributed by atoms with Crippen molar-refractivity contribution in [3.8, 4) is 16.9 Å². The number of carboxylic acids is 1. The van der Waals surface area contributed by atoms with Crippen molar-refractivity contribution in [1.29, 1.82) is 0 Å². The standard InChI is InChI=1S/C20H19NO4/c22-20(23)17-10-21-19-15(5-3-6-16(17)19)14-4-1-2-7-18(14)25-12-13-8-9-24-11-13/h1-7,10,13,21H,8-9,11-12H2,(H,22,23).